The summed E-state index contributed by atoms with van der Waals surface area (Å²) in [5.41, 5.74) is 13.6. The minimum atomic E-state index is -0.395. The molecule has 0 saturated carbocycles. The van der Waals surface area contributed by atoms with E-state index >= 15 is 0 Å². The molecule has 0 radical (unpaired) electrons. The van der Waals surface area contributed by atoms with Gasteiger partial charge in [0.15, 0.2) is 0 Å². The summed E-state index contributed by atoms with van der Waals surface area (Å²) < 4.78 is 0. The first-order valence-corrected chi connectivity index (χ1v) is 17.7. The maximum Gasteiger partial charge on any atom is 0.0735 e. The van der Waals surface area contributed by atoms with Crippen molar-refractivity contribution in [2.75, 3.05) is 4.90 Å². The first-order chi connectivity index (χ1) is 24.3. The van der Waals surface area contributed by atoms with E-state index in [0.717, 1.165) is 17.1 Å². The van der Waals surface area contributed by atoms with Crippen LogP contribution in [0.4, 0.5) is 17.1 Å². The number of hydrogen-bond donors (Lipinski definition) is 0. The highest BCUT2D eigenvalue weighted by molar-refractivity contribution is 7.99. The van der Waals surface area contributed by atoms with Crippen molar-refractivity contribution in [2.24, 2.45) is 0 Å². The van der Waals surface area contributed by atoms with Gasteiger partial charge in [-0.1, -0.05) is 151 Å². The molecule has 230 valence electrons. The van der Waals surface area contributed by atoms with E-state index in [-0.39, 0.29) is 0 Å². The van der Waals surface area contributed by atoms with Crippen LogP contribution in [0.1, 0.15) is 22.3 Å². The molecule has 0 bridgehead atoms. The quantitative estimate of drug-likeness (QED) is 0.188. The van der Waals surface area contributed by atoms with Crippen molar-refractivity contribution in [3.63, 3.8) is 0 Å². The summed E-state index contributed by atoms with van der Waals surface area (Å²) >= 11 is 1.89. The predicted octanol–water partition coefficient (Wildman–Crippen LogP) is 12.8. The Morgan fingerprint density at radius 1 is 0.367 bits per heavy atom. The second-order valence-electron chi connectivity index (χ2n) is 12.8. The molecule has 8 aromatic carbocycles. The third-order valence-corrected chi connectivity index (χ3v) is 11.5. The fourth-order valence-corrected chi connectivity index (χ4v) is 9.53. The van der Waals surface area contributed by atoms with E-state index in [1.165, 1.54) is 65.1 Å². The van der Waals surface area contributed by atoms with Gasteiger partial charge in [-0.05, 0) is 98.4 Å². The van der Waals surface area contributed by atoms with Crippen molar-refractivity contribution >= 4 is 39.6 Å². The van der Waals surface area contributed by atoms with Crippen LogP contribution in [0.5, 0.6) is 0 Å². The molecule has 1 heterocycles. The van der Waals surface area contributed by atoms with Crippen LogP contribution >= 0.6 is 11.8 Å². The number of benzene rings is 8. The lowest BCUT2D eigenvalue weighted by molar-refractivity contribution is 0.722. The van der Waals surface area contributed by atoms with E-state index < -0.39 is 5.41 Å². The highest BCUT2D eigenvalue weighted by Gasteiger charge is 2.50. The average Bonchev–Trinajstić information content (AvgIpc) is 3.46. The molecule has 0 unspecified atom stereocenters. The molecule has 49 heavy (non-hydrogen) atoms. The molecule has 2 aliphatic rings. The van der Waals surface area contributed by atoms with Crippen molar-refractivity contribution < 1.29 is 0 Å². The van der Waals surface area contributed by atoms with Crippen molar-refractivity contribution in [1.82, 2.24) is 0 Å². The Morgan fingerprint density at radius 2 is 0.878 bits per heavy atom. The van der Waals surface area contributed by atoms with Gasteiger partial charge in [0.1, 0.15) is 0 Å². The summed E-state index contributed by atoms with van der Waals surface area (Å²) in [5.74, 6) is 0. The number of hydrogen-bond acceptors (Lipinski definition) is 2. The van der Waals surface area contributed by atoms with Crippen LogP contribution in [0, 0.1) is 0 Å². The van der Waals surface area contributed by atoms with Gasteiger partial charge in [-0.3, -0.25) is 0 Å². The Bertz CT molecular complexity index is 2450. The molecule has 10 rings (SSSR count). The summed E-state index contributed by atoms with van der Waals surface area (Å²) in [6, 6.07) is 69.1. The Balaban J connectivity index is 1.22. The molecule has 8 aromatic rings. The summed E-state index contributed by atoms with van der Waals surface area (Å²) in [5, 5.41) is 2.46. The van der Waals surface area contributed by atoms with Gasteiger partial charge in [0.05, 0.1) is 11.1 Å². The van der Waals surface area contributed by atoms with E-state index in [9.17, 15) is 0 Å². The first-order valence-electron chi connectivity index (χ1n) is 16.9. The minimum absolute atomic E-state index is 0.395. The van der Waals surface area contributed by atoms with Gasteiger partial charge in [0, 0.05) is 26.6 Å². The Hall–Kier alpha value is -5.83. The van der Waals surface area contributed by atoms with Crippen LogP contribution in [0.3, 0.4) is 0 Å². The molecule has 2 heteroatoms. The second-order valence-corrected chi connectivity index (χ2v) is 13.9. The topological polar surface area (TPSA) is 3.24 Å². The summed E-state index contributed by atoms with van der Waals surface area (Å²) in [7, 11) is 0. The van der Waals surface area contributed by atoms with Crippen LogP contribution in [-0.4, -0.2) is 0 Å². The molecule has 1 aliphatic carbocycles. The van der Waals surface area contributed by atoms with Gasteiger partial charge in [-0.2, -0.15) is 0 Å². The van der Waals surface area contributed by atoms with Gasteiger partial charge in [-0.25, -0.2) is 0 Å². The average molecular weight is 642 g/mol. The highest BCUT2D eigenvalue weighted by Crippen LogP contribution is 2.62. The number of para-hydroxylation sites is 2. The smallest absolute Gasteiger partial charge is 0.0735 e. The fourth-order valence-electron chi connectivity index (χ4n) is 8.33. The first kappa shape index (κ1) is 28.2. The van der Waals surface area contributed by atoms with E-state index in [4.69, 9.17) is 0 Å². The van der Waals surface area contributed by atoms with Crippen LogP contribution < -0.4 is 4.90 Å². The SMILES string of the molecule is c1ccc(N(c2ccccc2)c2ccc(-c3ccc4c(c3)C3(c5ccccc5Sc5ccccc53)c3ccccc3-4)c3ccccc23)cc1. The van der Waals surface area contributed by atoms with Crippen LogP contribution in [-0.2, 0) is 5.41 Å². The molecule has 0 saturated heterocycles. The molecule has 0 atom stereocenters. The highest BCUT2D eigenvalue weighted by atomic mass is 32.2. The van der Waals surface area contributed by atoms with Gasteiger partial charge >= 0.3 is 0 Å². The standard InChI is InChI=1S/C47H31NS/c1-3-15-33(16-4-1)48(34-17-5-2-6-18-34)44-30-29-35(36-19-7-8-21-39(36)44)32-27-28-38-37-20-9-10-22-40(37)47(43(38)31-32)41-23-11-13-25-45(41)49-46-26-14-12-24-42(46)47/h1-31H. The molecule has 1 nitrogen and oxygen atoms in total. The molecular formula is C47H31NS. The lowest BCUT2D eigenvalue weighted by Crippen LogP contribution is -2.31. The van der Waals surface area contributed by atoms with Gasteiger partial charge in [0.2, 0.25) is 0 Å². The summed E-state index contributed by atoms with van der Waals surface area (Å²) in [6.07, 6.45) is 0. The fraction of sp³-hybridized carbons (Fsp3) is 0.0213. The van der Waals surface area contributed by atoms with E-state index in [1.54, 1.807) is 0 Å². The lowest BCUT2D eigenvalue weighted by atomic mass is 9.67. The third-order valence-electron chi connectivity index (χ3n) is 10.3. The van der Waals surface area contributed by atoms with Crippen LogP contribution in [0.25, 0.3) is 33.0 Å². The number of nitrogens with zero attached hydrogens (tertiary/aromatic N) is 1. The summed E-state index contributed by atoms with van der Waals surface area (Å²) in [6.45, 7) is 0. The maximum atomic E-state index is 2.49. The minimum Gasteiger partial charge on any atom is -0.310 e. The zero-order valence-electron chi connectivity index (χ0n) is 26.8. The van der Waals surface area contributed by atoms with Crippen molar-refractivity contribution in [2.45, 2.75) is 15.2 Å². The predicted molar refractivity (Wildman–Crippen MR) is 205 cm³/mol. The van der Waals surface area contributed by atoms with Gasteiger partial charge < -0.3 is 4.90 Å². The largest absolute Gasteiger partial charge is 0.310 e. The molecular weight excluding hydrogens is 611 g/mol. The van der Waals surface area contributed by atoms with E-state index in [2.05, 4.69) is 193 Å². The number of fused-ring (bicyclic) bond motifs is 10. The molecule has 0 amide bonds. The van der Waals surface area contributed by atoms with Crippen molar-refractivity contribution in [3.05, 3.63) is 210 Å². The number of rotatable bonds is 4. The number of anilines is 3. The van der Waals surface area contributed by atoms with Gasteiger partial charge in [0.25, 0.3) is 0 Å². The van der Waals surface area contributed by atoms with E-state index in [1.807, 2.05) is 11.8 Å². The Morgan fingerprint density at radius 3 is 1.55 bits per heavy atom. The zero-order valence-corrected chi connectivity index (χ0v) is 27.6. The molecule has 0 aromatic heterocycles. The molecule has 1 aliphatic heterocycles. The lowest BCUT2D eigenvalue weighted by Gasteiger charge is -2.39. The van der Waals surface area contributed by atoms with E-state index in [0.29, 0.717) is 0 Å². The molecule has 0 fully saturated rings. The van der Waals surface area contributed by atoms with Crippen molar-refractivity contribution in [3.8, 4) is 22.3 Å². The molecule has 0 N–H and O–H groups in total. The van der Waals surface area contributed by atoms with Gasteiger partial charge in [-0.15, -0.1) is 0 Å². The van der Waals surface area contributed by atoms with Crippen LogP contribution in [0.2, 0.25) is 0 Å². The normalized spacial score (nSPS) is 13.4. The Kier molecular flexibility index (Phi) is 6.40. The second kappa shape index (κ2) is 11.1. The third kappa shape index (κ3) is 4.14. The summed E-state index contributed by atoms with van der Waals surface area (Å²) in [4.78, 5) is 5.02. The van der Waals surface area contributed by atoms with Crippen molar-refractivity contribution in [1.29, 1.82) is 0 Å². The Labute approximate surface area is 291 Å². The maximum absolute atomic E-state index is 2.49. The molecule has 1 spiro atoms. The zero-order chi connectivity index (χ0) is 32.4. The van der Waals surface area contributed by atoms with Crippen LogP contribution in [0.15, 0.2) is 198 Å². The monoisotopic (exact) mass is 641 g/mol.